The maximum atomic E-state index is 10.9. The van der Waals surface area contributed by atoms with Crippen molar-refractivity contribution < 1.29 is 19.1 Å². The van der Waals surface area contributed by atoms with Crippen molar-refractivity contribution in [2.24, 2.45) is 0 Å². The van der Waals surface area contributed by atoms with Gasteiger partial charge in [-0.1, -0.05) is 0 Å². The Balaban J connectivity index is 4.13. The van der Waals surface area contributed by atoms with Gasteiger partial charge in [-0.3, -0.25) is 9.59 Å². The first-order valence-corrected chi connectivity index (χ1v) is 4.58. The molecule has 0 spiro atoms. The molecule has 4 heteroatoms. The molecule has 0 heterocycles. The number of ether oxygens (including phenoxy) is 2. The van der Waals surface area contributed by atoms with Gasteiger partial charge in [0.2, 0.25) is 5.78 Å². The van der Waals surface area contributed by atoms with Crippen molar-refractivity contribution in [2.45, 2.75) is 27.1 Å². The van der Waals surface area contributed by atoms with E-state index in [0.717, 1.165) is 0 Å². The van der Waals surface area contributed by atoms with Crippen LogP contribution >= 0.6 is 0 Å². The SMILES string of the molecule is CCOC(/C=C\C(=O)C(C)=O)OCC. The molecule has 0 aromatic rings. The third kappa shape index (κ3) is 5.61. The molecule has 0 bridgehead atoms. The normalized spacial score (nSPS) is 11.1. The van der Waals surface area contributed by atoms with Crippen molar-refractivity contribution in [1.82, 2.24) is 0 Å². The minimum atomic E-state index is -0.548. The van der Waals surface area contributed by atoms with E-state index in [0.29, 0.717) is 13.2 Å². The van der Waals surface area contributed by atoms with Crippen LogP contribution in [0.2, 0.25) is 0 Å². The molecule has 0 aliphatic heterocycles. The molecule has 0 amide bonds. The Morgan fingerprint density at radius 3 is 2.07 bits per heavy atom. The minimum Gasteiger partial charge on any atom is -0.349 e. The molecule has 0 saturated heterocycles. The van der Waals surface area contributed by atoms with Crippen LogP contribution < -0.4 is 0 Å². The highest BCUT2D eigenvalue weighted by Crippen LogP contribution is 1.97. The summed E-state index contributed by atoms with van der Waals surface area (Å²) in [6.07, 6.45) is 2.07. The fourth-order valence-corrected chi connectivity index (χ4v) is 0.771. The second kappa shape index (κ2) is 7.41. The van der Waals surface area contributed by atoms with Gasteiger partial charge in [0.25, 0.3) is 0 Å². The van der Waals surface area contributed by atoms with Crippen LogP contribution in [0.15, 0.2) is 12.2 Å². The van der Waals surface area contributed by atoms with Gasteiger partial charge in [-0.25, -0.2) is 0 Å². The van der Waals surface area contributed by atoms with E-state index < -0.39 is 17.9 Å². The number of Topliss-reactive ketones (excluding diaryl/α,β-unsaturated/α-hetero) is 1. The van der Waals surface area contributed by atoms with E-state index in [9.17, 15) is 9.59 Å². The lowest BCUT2D eigenvalue weighted by Crippen LogP contribution is -2.15. The lowest BCUT2D eigenvalue weighted by molar-refractivity contribution is -0.132. The molecule has 0 N–H and O–H groups in total. The first-order valence-electron chi connectivity index (χ1n) is 4.58. The van der Waals surface area contributed by atoms with Crippen LogP contribution in [0.4, 0.5) is 0 Å². The lowest BCUT2D eigenvalue weighted by atomic mass is 10.2. The maximum absolute atomic E-state index is 10.9. The molecule has 0 aliphatic rings. The third-order valence-corrected chi connectivity index (χ3v) is 1.41. The molecule has 0 aromatic carbocycles. The summed E-state index contributed by atoms with van der Waals surface area (Å²) in [6.45, 7) is 5.86. The van der Waals surface area contributed by atoms with Gasteiger partial charge in [0.05, 0.1) is 0 Å². The van der Waals surface area contributed by atoms with E-state index in [4.69, 9.17) is 9.47 Å². The van der Waals surface area contributed by atoms with Gasteiger partial charge in [0, 0.05) is 20.1 Å². The van der Waals surface area contributed by atoms with Crippen LogP contribution in [0.1, 0.15) is 20.8 Å². The van der Waals surface area contributed by atoms with Gasteiger partial charge in [-0.2, -0.15) is 0 Å². The Hall–Kier alpha value is -1.00. The summed E-state index contributed by atoms with van der Waals surface area (Å²) in [5.74, 6) is -1.04. The molecule has 0 aromatic heterocycles. The second-order valence-corrected chi connectivity index (χ2v) is 2.56. The van der Waals surface area contributed by atoms with E-state index >= 15 is 0 Å². The highest BCUT2D eigenvalue weighted by Gasteiger charge is 2.06. The number of ketones is 2. The van der Waals surface area contributed by atoms with Crippen LogP contribution in [0.25, 0.3) is 0 Å². The van der Waals surface area contributed by atoms with Gasteiger partial charge < -0.3 is 9.47 Å². The molecule has 0 aliphatic carbocycles. The Morgan fingerprint density at radius 1 is 1.21 bits per heavy atom. The summed E-state index contributed by atoms with van der Waals surface area (Å²) < 4.78 is 10.3. The predicted molar refractivity (Wildman–Crippen MR) is 51.9 cm³/mol. The number of allylic oxidation sites excluding steroid dienone is 1. The number of hydrogen-bond donors (Lipinski definition) is 0. The highest BCUT2D eigenvalue weighted by molar-refractivity contribution is 6.40. The van der Waals surface area contributed by atoms with Crippen molar-refractivity contribution in [3.8, 4) is 0 Å². The Morgan fingerprint density at radius 2 is 1.71 bits per heavy atom. The summed E-state index contributed by atoms with van der Waals surface area (Å²) in [5, 5.41) is 0. The van der Waals surface area contributed by atoms with E-state index in [1.165, 1.54) is 19.1 Å². The summed E-state index contributed by atoms with van der Waals surface area (Å²) in [7, 11) is 0. The fraction of sp³-hybridized carbons (Fsp3) is 0.600. The molecule has 0 fully saturated rings. The van der Waals surface area contributed by atoms with Crippen LogP contribution in [0, 0.1) is 0 Å². The van der Waals surface area contributed by atoms with Gasteiger partial charge >= 0.3 is 0 Å². The predicted octanol–water partition coefficient (Wildman–Crippen LogP) is 1.10. The van der Waals surface area contributed by atoms with Crippen molar-refractivity contribution in [3.05, 3.63) is 12.2 Å². The average molecular weight is 200 g/mol. The summed E-state index contributed by atoms with van der Waals surface area (Å²) in [6, 6.07) is 0. The Bertz CT molecular complexity index is 214. The zero-order valence-electron chi connectivity index (χ0n) is 8.78. The quantitative estimate of drug-likeness (QED) is 0.351. The van der Waals surface area contributed by atoms with Crippen LogP contribution in [-0.2, 0) is 19.1 Å². The molecule has 0 saturated carbocycles. The molecule has 0 atom stereocenters. The van der Waals surface area contributed by atoms with E-state index in [-0.39, 0.29) is 0 Å². The van der Waals surface area contributed by atoms with E-state index in [1.807, 2.05) is 13.8 Å². The lowest BCUT2D eigenvalue weighted by Gasteiger charge is -2.11. The number of hydrogen-bond acceptors (Lipinski definition) is 4. The molecular formula is C10H16O4. The average Bonchev–Trinajstić information content (AvgIpc) is 2.14. The highest BCUT2D eigenvalue weighted by atomic mass is 16.7. The van der Waals surface area contributed by atoms with Crippen molar-refractivity contribution >= 4 is 11.6 Å². The molecule has 4 nitrogen and oxygen atoms in total. The first kappa shape index (κ1) is 13.0. The summed E-state index contributed by atoms with van der Waals surface area (Å²) in [5.41, 5.74) is 0. The van der Waals surface area contributed by atoms with E-state index in [1.54, 1.807) is 0 Å². The molecule has 0 unspecified atom stereocenters. The fourth-order valence-electron chi connectivity index (χ4n) is 0.771. The standard InChI is InChI=1S/C10H16O4/c1-4-13-10(14-5-2)7-6-9(12)8(3)11/h6-7,10H,4-5H2,1-3H3/b7-6-. The van der Waals surface area contributed by atoms with Gasteiger partial charge in [0.1, 0.15) is 0 Å². The van der Waals surface area contributed by atoms with E-state index in [2.05, 4.69) is 0 Å². The zero-order valence-corrected chi connectivity index (χ0v) is 8.78. The van der Waals surface area contributed by atoms with Crippen LogP contribution in [0.3, 0.4) is 0 Å². The van der Waals surface area contributed by atoms with Gasteiger partial charge in [-0.05, 0) is 26.0 Å². The first-order chi connectivity index (χ1) is 6.61. The Kier molecular flexibility index (Phi) is 6.88. The second-order valence-electron chi connectivity index (χ2n) is 2.56. The molecule has 14 heavy (non-hydrogen) atoms. The summed E-state index contributed by atoms with van der Waals surface area (Å²) >= 11 is 0. The summed E-state index contributed by atoms with van der Waals surface area (Å²) in [4.78, 5) is 21.5. The number of rotatable bonds is 7. The molecule has 0 rings (SSSR count). The van der Waals surface area contributed by atoms with Crippen molar-refractivity contribution in [3.63, 3.8) is 0 Å². The molecule has 0 radical (unpaired) electrons. The van der Waals surface area contributed by atoms with Gasteiger partial charge in [0.15, 0.2) is 12.1 Å². The van der Waals surface area contributed by atoms with Crippen molar-refractivity contribution in [1.29, 1.82) is 0 Å². The van der Waals surface area contributed by atoms with Crippen LogP contribution in [-0.4, -0.2) is 31.1 Å². The van der Waals surface area contributed by atoms with Gasteiger partial charge in [-0.15, -0.1) is 0 Å². The number of carbonyl (C=O) groups is 2. The molecular weight excluding hydrogens is 184 g/mol. The van der Waals surface area contributed by atoms with Crippen molar-refractivity contribution in [2.75, 3.05) is 13.2 Å². The smallest absolute Gasteiger partial charge is 0.220 e. The topological polar surface area (TPSA) is 52.6 Å². The number of carbonyl (C=O) groups excluding carboxylic acids is 2. The maximum Gasteiger partial charge on any atom is 0.220 e. The molecule has 80 valence electrons. The zero-order chi connectivity index (χ0) is 11.0. The minimum absolute atomic E-state index is 0.489. The largest absolute Gasteiger partial charge is 0.349 e. The van der Waals surface area contributed by atoms with Crippen LogP contribution in [0.5, 0.6) is 0 Å². The third-order valence-electron chi connectivity index (χ3n) is 1.41. The monoisotopic (exact) mass is 200 g/mol. The Labute approximate surface area is 83.9 Å².